The van der Waals surface area contributed by atoms with Gasteiger partial charge in [0.2, 0.25) is 5.91 Å². The topological polar surface area (TPSA) is 77.1 Å². The van der Waals surface area contributed by atoms with Crippen molar-refractivity contribution in [1.29, 1.82) is 0 Å². The smallest absolute Gasteiger partial charge is 0.223 e. The zero-order chi connectivity index (χ0) is 18.1. The molecule has 2 aromatic heterocycles. The van der Waals surface area contributed by atoms with E-state index in [1.165, 1.54) is 0 Å². The molecule has 0 fully saturated rings. The second-order valence-electron chi connectivity index (χ2n) is 7.39. The van der Waals surface area contributed by atoms with Crippen LogP contribution in [-0.4, -0.2) is 37.3 Å². The van der Waals surface area contributed by atoms with E-state index in [4.69, 9.17) is 4.52 Å². The van der Waals surface area contributed by atoms with Crippen LogP contribution in [0.1, 0.15) is 61.4 Å². The molecule has 1 aliphatic rings. The lowest BCUT2D eigenvalue weighted by Crippen LogP contribution is -2.42. The fourth-order valence-electron chi connectivity index (χ4n) is 3.73. The first-order chi connectivity index (χ1) is 11.9. The molecular weight excluding hydrogens is 318 g/mol. The van der Waals surface area contributed by atoms with Crippen LogP contribution >= 0.6 is 0 Å². The van der Waals surface area contributed by atoms with Gasteiger partial charge in [-0.15, -0.1) is 10.2 Å². The largest absolute Gasteiger partial charge is 0.361 e. The van der Waals surface area contributed by atoms with Crippen molar-refractivity contribution >= 4 is 5.91 Å². The Morgan fingerprint density at radius 2 is 2.04 bits per heavy atom. The summed E-state index contributed by atoms with van der Waals surface area (Å²) in [4.78, 5) is 14.7. The Morgan fingerprint density at radius 3 is 2.68 bits per heavy atom. The van der Waals surface area contributed by atoms with E-state index in [9.17, 15) is 4.79 Å². The van der Waals surface area contributed by atoms with Crippen LogP contribution in [0.5, 0.6) is 0 Å². The van der Waals surface area contributed by atoms with E-state index in [2.05, 4.69) is 33.8 Å². The summed E-state index contributed by atoms with van der Waals surface area (Å²) < 4.78 is 7.39. The van der Waals surface area contributed by atoms with Gasteiger partial charge >= 0.3 is 0 Å². The summed E-state index contributed by atoms with van der Waals surface area (Å²) in [5.74, 6) is 3.33. The van der Waals surface area contributed by atoms with Gasteiger partial charge < -0.3 is 14.0 Å². The second kappa shape index (κ2) is 6.98. The zero-order valence-corrected chi connectivity index (χ0v) is 15.7. The molecule has 3 rings (SSSR count). The Kier molecular flexibility index (Phi) is 4.92. The molecule has 0 saturated carbocycles. The van der Waals surface area contributed by atoms with Crippen molar-refractivity contribution in [3.63, 3.8) is 0 Å². The Hall–Kier alpha value is -2.18. The van der Waals surface area contributed by atoms with Gasteiger partial charge in [-0.3, -0.25) is 4.79 Å². The van der Waals surface area contributed by atoms with Gasteiger partial charge in [0, 0.05) is 18.5 Å². The van der Waals surface area contributed by atoms with Crippen LogP contribution in [0.25, 0.3) is 0 Å². The van der Waals surface area contributed by atoms with E-state index in [1.807, 2.05) is 25.7 Å². The molecule has 0 unspecified atom stereocenters. The van der Waals surface area contributed by atoms with Gasteiger partial charge in [0.05, 0.1) is 18.3 Å². The number of fused-ring (bicyclic) bond motifs is 1. The number of hydrogen-bond acceptors (Lipinski definition) is 5. The molecule has 0 aliphatic carbocycles. The number of hydrogen-bond donors (Lipinski definition) is 0. The molecule has 2 aromatic rings. The van der Waals surface area contributed by atoms with Crippen molar-refractivity contribution in [3.05, 3.63) is 28.7 Å². The summed E-state index contributed by atoms with van der Waals surface area (Å²) in [6.07, 6.45) is 2.14. The van der Waals surface area contributed by atoms with Gasteiger partial charge in [0.1, 0.15) is 11.6 Å². The van der Waals surface area contributed by atoms with E-state index < -0.39 is 0 Å². The second-order valence-corrected chi connectivity index (χ2v) is 7.39. The lowest BCUT2D eigenvalue weighted by Gasteiger charge is -2.35. The minimum Gasteiger partial charge on any atom is -0.361 e. The molecule has 0 radical (unpaired) electrons. The van der Waals surface area contributed by atoms with Crippen molar-refractivity contribution in [1.82, 2.24) is 24.8 Å². The summed E-state index contributed by atoms with van der Waals surface area (Å²) in [6, 6.07) is 0.252. The summed E-state index contributed by atoms with van der Waals surface area (Å²) >= 11 is 0. The van der Waals surface area contributed by atoms with E-state index >= 15 is 0 Å². The van der Waals surface area contributed by atoms with Gasteiger partial charge in [0.25, 0.3) is 0 Å². The fourth-order valence-corrected chi connectivity index (χ4v) is 3.73. The third kappa shape index (κ3) is 3.60. The van der Waals surface area contributed by atoms with Crippen LogP contribution in [0, 0.1) is 26.7 Å². The average Bonchev–Trinajstić information content (AvgIpc) is 3.08. The van der Waals surface area contributed by atoms with E-state index in [1.54, 1.807) is 0 Å². The fraction of sp³-hybridized carbons (Fsp3) is 0.667. The van der Waals surface area contributed by atoms with Crippen molar-refractivity contribution in [3.8, 4) is 0 Å². The number of nitrogens with zero attached hydrogens (tertiary/aromatic N) is 5. The molecule has 0 spiro atoms. The Morgan fingerprint density at radius 1 is 1.28 bits per heavy atom. The third-order valence-corrected chi connectivity index (χ3v) is 4.93. The molecule has 1 amide bonds. The molecule has 1 aliphatic heterocycles. The third-order valence-electron chi connectivity index (χ3n) is 4.93. The highest BCUT2D eigenvalue weighted by Crippen LogP contribution is 2.27. The first kappa shape index (κ1) is 17.6. The van der Waals surface area contributed by atoms with E-state index in [0.29, 0.717) is 25.3 Å². The summed E-state index contributed by atoms with van der Waals surface area (Å²) in [6.45, 7) is 11.5. The van der Waals surface area contributed by atoms with E-state index in [-0.39, 0.29) is 11.9 Å². The molecular formula is C18H27N5O2. The maximum absolute atomic E-state index is 12.8. The highest BCUT2D eigenvalue weighted by atomic mass is 16.5. The molecule has 0 N–H and O–H groups in total. The van der Waals surface area contributed by atoms with Crippen LogP contribution in [0.2, 0.25) is 0 Å². The number of carbonyl (C=O) groups excluding carboxylic acids is 1. The predicted molar refractivity (Wildman–Crippen MR) is 93.0 cm³/mol. The predicted octanol–water partition coefficient (Wildman–Crippen LogP) is 2.75. The lowest BCUT2D eigenvalue weighted by atomic mass is 10.0. The Balaban J connectivity index is 1.71. The first-order valence-electron chi connectivity index (χ1n) is 8.96. The molecule has 3 heterocycles. The van der Waals surface area contributed by atoms with Gasteiger partial charge in [-0.25, -0.2) is 0 Å². The number of carbonyl (C=O) groups is 1. The number of aryl methyl sites for hydroxylation is 3. The Labute approximate surface area is 148 Å². The molecule has 0 saturated heterocycles. The van der Waals surface area contributed by atoms with Crippen molar-refractivity contribution < 1.29 is 9.32 Å². The molecule has 1 atom stereocenters. The molecule has 7 heteroatoms. The highest BCUT2D eigenvalue weighted by molar-refractivity contribution is 5.76. The van der Waals surface area contributed by atoms with Gasteiger partial charge in [-0.05, 0) is 39.5 Å². The van der Waals surface area contributed by atoms with Crippen LogP contribution < -0.4 is 0 Å². The molecule has 0 aromatic carbocycles. The van der Waals surface area contributed by atoms with Crippen LogP contribution in [-0.2, 0) is 17.8 Å². The monoisotopic (exact) mass is 345 g/mol. The van der Waals surface area contributed by atoms with Gasteiger partial charge in [0.15, 0.2) is 5.82 Å². The first-order valence-corrected chi connectivity index (χ1v) is 8.96. The summed E-state index contributed by atoms with van der Waals surface area (Å²) in [7, 11) is 0. The minimum atomic E-state index is 0.153. The van der Waals surface area contributed by atoms with Crippen LogP contribution in [0.4, 0.5) is 0 Å². The molecule has 7 nitrogen and oxygen atoms in total. The van der Waals surface area contributed by atoms with Gasteiger partial charge in [-0.2, -0.15) is 0 Å². The van der Waals surface area contributed by atoms with Crippen molar-refractivity contribution in [2.75, 3.05) is 6.54 Å². The number of rotatable bonds is 5. The summed E-state index contributed by atoms with van der Waals surface area (Å²) in [5.41, 5.74) is 1.92. The van der Waals surface area contributed by atoms with Crippen LogP contribution in [0.3, 0.4) is 0 Å². The zero-order valence-electron chi connectivity index (χ0n) is 15.7. The van der Waals surface area contributed by atoms with Crippen LogP contribution in [0.15, 0.2) is 4.52 Å². The van der Waals surface area contributed by atoms with Gasteiger partial charge in [-0.1, -0.05) is 19.0 Å². The average molecular weight is 345 g/mol. The molecule has 136 valence electrons. The molecule has 0 bridgehead atoms. The summed E-state index contributed by atoms with van der Waals surface area (Å²) in [5, 5.41) is 12.5. The number of aromatic nitrogens is 4. The Bertz CT molecular complexity index is 742. The maximum atomic E-state index is 12.8. The minimum absolute atomic E-state index is 0.153. The maximum Gasteiger partial charge on any atom is 0.223 e. The molecule has 25 heavy (non-hydrogen) atoms. The quantitative estimate of drug-likeness (QED) is 0.833. The normalized spacial score (nSPS) is 17.2. The number of amides is 1. The standard InChI is InChI=1S/C18H27N5O2/c1-11(2)8-15-9-22(10-17-20-19-14(5)23(15)17)18(24)7-6-16-12(3)21-25-13(16)4/h11,15H,6-10H2,1-5H3/t15-/m0/s1. The SMILES string of the molecule is Cc1noc(C)c1CCC(=O)N1Cc2nnc(C)n2[C@@H](CC(C)C)C1. The van der Waals surface area contributed by atoms with Crippen molar-refractivity contribution in [2.24, 2.45) is 5.92 Å². The van der Waals surface area contributed by atoms with Crippen molar-refractivity contribution in [2.45, 2.75) is 66.5 Å². The highest BCUT2D eigenvalue weighted by Gasteiger charge is 2.30. The van der Waals surface area contributed by atoms with E-state index in [0.717, 1.165) is 41.6 Å². The lowest BCUT2D eigenvalue weighted by molar-refractivity contribution is -0.133.